The monoisotopic (exact) mass is 399 g/mol. The highest BCUT2D eigenvalue weighted by Gasteiger charge is 2.18. The van der Waals surface area contributed by atoms with Crippen molar-refractivity contribution in [1.29, 1.82) is 0 Å². The van der Waals surface area contributed by atoms with Gasteiger partial charge in [-0.3, -0.25) is 9.78 Å². The van der Waals surface area contributed by atoms with E-state index in [1.807, 2.05) is 18.2 Å². The number of piperidine rings is 1. The van der Waals surface area contributed by atoms with E-state index < -0.39 is 0 Å². The third-order valence-electron chi connectivity index (χ3n) is 6.13. The number of carbonyl (C=O) groups is 1. The van der Waals surface area contributed by atoms with Crippen LogP contribution < -0.4 is 5.32 Å². The third kappa shape index (κ3) is 4.33. The Morgan fingerprint density at radius 3 is 3.00 bits per heavy atom. The number of nitrogens with one attached hydrogen (secondary N) is 1. The van der Waals surface area contributed by atoms with Gasteiger partial charge in [-0.1, -0.05) is 24.6 Å². The molecule has 0 unspecified atom stereocenters. The van der Waals surface area contributed by atoms with Gasteiger partial charge in [0.2, 0.25) is 0 Å². The van der Waals surface area contributed by atoms with E-state index in [0.717, 1.165) is 59.8 Å². The Morgan fingerprint density at radius 2 is 2.14 bits per heavy atom. The summed E-state index contributed by atoms with van der Waals surface area (Å²) in [4.78, 5) is 19.9. The minimum Gasteiger partial charge on any atom is -0.352 e. The first-order valence-electron chi connectivity index (χ1n) is 10.7. The van der Waals surface area contributed by atoms with Gasteiger partial charge < -0.3 is 10.2 Å². The van der Waals surface area contributed by atoms with E-state index in [4.69, 9.17) is 16.6 Å². The van der Waals surface area contributed by atoms with E-state index in [1.165, 1.54) is 37.9 Å². The predicted molar refractivity (Wildman–Crippen MR) is 115 cm³/mol. The molecule has 4 rings (SSSR count). The topological polar surface area (TPSA) is 45.2 Å². The molecule has 2 aliphatic rings. The average molecular weight is 400 g/mol. The van der Waals surface area contributed by atoms with Gasteiger partial charge in [0, 0.05) is 29.7 Å². The number of amides is 1. The van der Waals surface area contributed by atoms with Crippen LogP contribution in [0.4, 0.5) is 0 Å². The highest BCUT2D eigenvalue weighted by atomic mass is 35.5. The second-order valence-electron chi connectivity index (χ2n) is 8.45. The van der Waals surface area contributed by atoms with Crippen LogP contribution in [-0.4, -0.2) is 42.0 Å². The van der Waals surface area contributed by atoms with Gasteiger partial charge in [0.1, 0.15) is 0 Å². The zero-order valence-electron chi connectivity index (χ0n) is 16.8. The van der Waals surface area contributed by atoms with Crippen molar-refractivity contribution in [2.45, 2.75) is 51.9 Å². The van der Waals surface area contributed by atoms with Crippen LogP contribution in [0.2, 0.25) is 5.02 Å². The third-order valence-corrected chi connectivity index (χ3v) is 6.56. The summed E-state index contributed by atoms with van der Waals surface area (Å²) in [5, 5.41) is 4.84. The second kappa shape index (κ2) is 8.79. The lowest BCUT2D eigenvalue weighted by atomic mass is 9.94. The van der Waals surface area contributed by atoms with Gasteiger partial charge in [0.25, 0.3) is 5.91 Å². The van der Waals surface area contributed by atoms with Crippen molar-refractivity contribution in [3.8, 4) is 0 Å². The number of benzene rings is 1. The molecule has 1 aromatic heterocycles. The Hall–Kier alpha value is -1.65. The van der Waals surface area contributed by atoms with Crippen molar-refractivity contribution in [2.75, 3.05) is 26.2 Å². The maximum absolute atomic E-state index is 12.6. The van der Waals surface area contributed by atoms with Crippen LogP contribution in [0.3, 0.4) is 0 Å². The summed E-state index contributed by atoms with van der Waals surface area (Å²) in [6, 6.07) is 5.70. The number of aryl methyl sites for hydroxylation is 1. The van der Waals surface area contributed by atoms with Crippen molar-refractivity contribution in [1.82, 2.24) is 15.2 Å². The Kier molecular flexibility index (Phi) is 6.17. The van der Waals surface area contributed by atoms with Crippen LogP contribution in [-0.2, 0) is 12.8 Å². The lowest BCUT2D eigenvalue weighted by Gasteiger charge is -2.30. The van der Waals surface area contributed by atoms with E-state index in [9.17, 15) is 4.79 Å². The summed E-state index contributed by atoms with van der Waals surface area (Å²) in [7, 11) is 0. The van der Waals surface area contributed by atoms with Crippen LogP contribution >= 0.6 is 11.6 Å². The maximum atomic E-state index is 12.6. The number of hydrogen-bond donors (Lipinski definition) is 1. The molecule has 150 valence electrons. The fourth-order valence-corrected chi connectivity index (χ4v) is 4.97. The first kappa shape index (κ1) is 19.7. The number of fused-ring (bicyclic) bond motifs is 2. The molecule has 1 N–H and O–H groups in total. The first-order valence-corrected chi connectivity index (χ1v) is 11.1. The molecule has 1 amide bonds. The molecule has 1 atom stereocenters. The number of hydrogen-bond acceptors (Lipinski definition) is 3. The lowest BCUT2D eigenvalue weighted by Crippen LogP contribution is -2.36. The van der Waals surface area contributed by atoms with E-state index in [0.29, 0.717) is 12.1 Å². The summed E-state index contributed by atoms with van der Waals surface area (Å²) in [5.74, 6) is 0.774. The summed E-state index contributed by atoms with van der Waals surface area (Å²) < 4.78 is 0. The molecule has 0 radical (unpaired) electrons. The highest BCUT2D eigenvalue weighted by Crippen LogP contribution is 2.33. The quantitative estimate of drug-likeness (QED) is 0.746. The summed E-state index contributed by atoms with van der Waals surface area (Å²) >= 11 is 6.63. The fourth-order valence-electron chi connectivity index (χ4n) is 4.60. The smallest absolute Gasteiger partial charge is 0.251 e. The Bertz CT molecular complexity index is 867. The number of aromatic nitrogens is 1. The Labute approximate surface area is 172 Å². The molecule has 4 nitrogen and oxygen atoms in total. The Morgan fingerprint density at radius 1 is 1.29 bits per heavy atom. The van der Waals surface area contributed by atoms with Gasteiger partial charge in [0.05, 0.1) is 10.5 Å². The van der Waals surface area contributed by atoms with Gasteiger partial charge in [-0.15, -0.1) is 0 Å². The minimum absolute atomic E-state index is 0.0236. The predicted octanol–water partition coefficient (Wildman–Crippen LogP) is 4.62. The van der Waals surface area contributed by atoms with E-state index in [1.54, 1.807) is 0 Å². The highest BCUT2D eigenvalue weighted by molar-refractivity contribution is 6.36. The first-order chi connectivity index (χ1) is 13.6. The van der Waals surface area contributed by atoms with Gasteiger partial charge in [0.15, 0.2) is 0 Å². The maximum Gasteiger partial charge on any atom is 0.251 e. The molecule has 0 spiro atoms. The molecule has 2 aromatic rings. The van der Waals surface area contributed by atoms with Crippen LogP contribution in [0.25, 0.3) is 10.9 Å². The number of halogens is 1. The van der Waals surface area contributed by atoms with Gasteiger partial charge in [-0.05, 0) is 81.6 Å². The normalized spacial score (nSPS) is 20.1. The molecule has 0 bridgehead atoms. The molecular weight excluding hydrogens is 370 g/mol. The van der Waals surface area contributed by atoms with Crippen molar-refractivity contribution in [3.05, 3.63) is 40.0 Å². The SMILES string of the molecule is C[C@H]1CCCN(CCCNC(=O)c2ccc3c(Cl)c4c(nc3c2)CCCC4)C1. The molecule has 1 aliphatic heterocycles. The van der Waals surface area contributed by atoms with Crippen LogP contribution in [0, 0.1) is 5.92 Å². The molecule has 2 heterocycles. The standard InChI is InChI=1S/C23H30ClN3O/c1-16-6-4-12-27(15-16)13-5-11-25-23(28)17-9-10-19-21(14-17)26-20-8-3-2-7-18(20)22(19)24/h9-10,14,16H,2-8,11-13,15H2,1H3,(H,25,28)/t16-/m0/s1. The van der Waals surface area contributed by atoms with Crippen molar-refractivity contribution < 1.29 is 4.79 Å². The fraction of sp³-hybridized carbons (Fsp3) is 0.565. The van der Waals surface area contributed by atoms with Crippen molar-refractivity contribution in [2.24, 2.45) is 5.92 Å². The van der Waals surface area contributed by atoms with E-state index in [2.05, 4.69) is 17.1 Å². The average Bonchev–Trinajstić information content (AvgIpc) is 2.71. The molecule has 1 aliphatic carbocycles. The summed E-state index contributed by atoms with van der Waals surface area (Å²) in [5.41, 5.74) is 3.81. The molecular formula is C23H30ClN3O. The van der Waals surface area contributed by atoms with Gasteiger partial charge in [-0.25, -0.2) is 0 Å². The molecule has 0 saturated carbocycles. The lowest BCUT2D eigenvalue weighted by molar-refractivity contribution is 0.0950. The molecule has 28 heavy (non-hydrogen) atoms. The second-order valence-corrected chi connectivity index (χ2v) is 8.83. The number of pyridine rings is 1. The Balaban J connectivity index is 1.37. The van der Waals surface area contributed by atoms with Crippen LogP contribution in [0.1, 0.15) is 60.6 Å². The molecule has 1 fully saturated rings. The number of nitrogens with zero attached hydrogens (tertiary/aromatic N) is 2. The largest absolute Gasteiger partial charge is 0.352 e. The van der Waals surface area contributed by atoms with Gasteiger partial charge in [-0.2, -0.15) is 0 Å². The summed E-state index contributed by atoms with van der Waals surface area (Å²) in [6.45, 7) is 6.48. The summed E-state index contributed by atoms with van der Waals surface area (Å²) in [6.07, 6.45) is 7.96. The zero-order chi connectivity index (χ0) is 19.5. The van der Waals surface area contributed by atoms with E-state index in [-0.39, 0.29) is 5.91 Å². The number of rotatable bonds is 5. The van der Waals surface area contributed by atoms with Crippen LogP contribution in [0.5, 0.6) is 0 Å². The molecule has 5 heteroatoms. The van der Waals surface area contributed by atoms with Crippen LogP contribution in [0.15, 0.2) is 18.2 Å². The number of likely N-dealkylation sites (tertiary alicyclic amines) is 1. The van der Waals surface area contributed by atoms with Crippen molar-refractivity contribution in [3.63, 3.8) is 0 Å². The minimum atomic E-state index is -0.0236. The molecule has 1 saturated heterocycles. The van der Waals surface area contributed by atoms with Gasteiger partial charge >= 0.3 is 0 Å². The molecule has 1 aromatic carbocycles. The van der Waals surface area contributed by atoms with E-state index >= 15 is 0 Å². The number of carbonyl (C=O) groups excluding carboxylic acids is 1. The zero-order valence-corrected chi connectivity index (χ0v) is 17.5. The van der Waals surface area contributed by atoms with Crippen molar-refractivity contribution >= 4 is 28.4 Å².